The smallest absolute Gasteiger partial charge is 0.276 e. The van der Waals surface area contributed by atoms with E-state index in [9.17, 15) is 19.2 Å². The van der Waals surface area contributed by atoms with Crippen molar-refractivity contribution in [2.75, 3.05) is 39.4 Å². The molecule has 3 aliphatic rings. The van der Waals surface area contributed by atoms with Crippen LogP contribution in [0, 0.1) is 6.92 Å². The van der Waals surface area contributed by atoms with Crippen molar-refractivity contribution < 1.29 is 28.4 Å². The largest absolute Gasteiger partial charge is 0.378 e. The van der Waals surface area contributed by atoms with Crippen LogP contribution in [0.2, 0.25) is 0 Å². The Balaban J connectivity index is 1.20. The number of pyridine rings is 1. The Hall–Kier alpha value is -4.84. The van der Waals surface area contributed by atoms with Gasteiger partial charge < -0.3 is 29.3 Å². The number of hydrogen-bond donors (Lipinski definition) is 1. The van der Waals surface area contributed by atoms with Crippen LogP contribution in [0.5, 0.6) is 0 Å². The Labute approximate surface area is 272 Å². The molecule has 4 amide bonds. The van der Waals surface area contributed by atoms with Crippen molar-refractivity contribution in [1.82, 2.24) is 30.2 Å². The highest BCUT2D eigenvalue weighted by Gasteiger charge is 2.47. The maximum atomic E-state index is 14.5. The zero-order valence-electron chi connectivity index (χ0n) is 26.6. The first-order chi connectivity index (χ1) is 22.8. The van der Waals surface area contributed by atoms with E-state index >= 15 is 0 Å². The topological polar surface area (TPSA) is 138 Å². The number of fused-ring (bicyclic) bond motifs is 3. The molecule has 3 saturated heterocycles. The van der Waals surface area contributed by atoms with Gasteiger partial charge in [-0.15, -0.1) is 0 Å². The summed E-state index contributed by atoms with van der Waals surface area (Å²) in [5.74, 6) is -1.32. The maximum absolute atomic E-state index is 14.5. The standard InChI is InChI=1S/C35H38N6O6/c1-3-24-8-7-22-5-6-23(19-27(22)36-24)32(42)37-28-20-40(35(45)31-26-18-21(2)4-11-30(26)47-38-31)13-12-25-9-10-29(41(25)33(28)43)34(44)39-14-16-46-17-15-39/h4-8,11,18-19,25,28-29H,3,9-10,12-17,20H2,1-2H3,(H,37,42)/t25-,28+,29+/m1/s1. The van der Waals surface area contributed by atoms with Gasteiger partial charge in [-0.05, 0) is 62.9 Å². The van der Waals surface area contributed by atoms with Crippen LogP contribution in [-0.2, 0) is 20.7 Å². The van der Waals surface area contributed by atoms with E-state index in [0.29, 0.717) is 74.2 Å². The summed E-state index contributed by atoms with van der Waals surface area (Å²) >= 11 is 0. The summed E-state index contributed by atoms with van der Waals surface area (Å²) in [6, 6.07) is 12.7. The number of ether oxygens (including phenoxy) is 1. The average Bonchev–Trinajstić information content (AvgIpc) is 3.71. The van der Waals surface area contributed by atoms with E-state index in [1.807, 2.05) is 44.2 Å². The van der Waals surface area contributed by atoms with E-state index in [-0.39, 0.29) is 36.0 Å². The number of carbonyl (C=O) groups excluding carboxylic acids is 4. The van der Waals surface area contributed by atoms with Crippen LogP contribution in [0.25, 0.3) is 21.9 Å². The minimum absolute atomic E-state index is 0.0862. The molecule has 12 nitrogen and oxygen atoms in total. The monoisotopic (exact) mass is 638 g/mol. The molecule has 244 valence electrons. The van der Waals surface area contributed by atoms with Gasteiger partial charge >= 0.3 is 0 Å². The van der Waals surface area contributed by atoms with Crippen molar-refractivity contribution in [3.05, 3.63) is 71.0 Å². The lowest BCUT2D eigenvalue weighted by atomic mass is 10.0. The van der Waals surface area contributed by atoms with Gasteiger partial charge in [-0.3, -0.25) is 24.2 Å². The molecular weight excluding hydrogens is 600 g/mol. The van der Waals surface area contributed by atoms with E-state index in [4.69, 9.17) is 9.26 Å². The molecule has 0 aliphatic carbocycles. The van der Waals surface area contributed by atoms with Crippen molar-refractivity contribution in [3.63, 3.8) is 0 Å². The number of rotatable bonds is 5. The normalized spacial score (nSPS) is 21.9. The van der Waals surface area contributed by atoms with E-state index in [0.717, 1.165) is 23.1 Å². The highest BCUT2D eigenvalue weighted by Crippen LogP contribution is 2.31. The third kappa shape index (κ3) is 5.93. The summed E-state index contributed by atoms with van der Waals surface area (Å²) in [4.78, 5) is 65.7. The van der Waals surface area contributed by atoms with Crippen molar-refractivity contribution in [3.8, 4) is 0 Å². The minimum Gasteiger partial charge on any atom is -0.378 e. The summed E-state index contributed by atoms with van der Waals surface area (Å²) in [6.45, 7) is 6.05. The number of nitrogens with one attached hydrogen (secondary N) is 1. The number of carbonyl (C=O) groups is 4. The van der Waals surface area contributed by atoms with E-state index < -0.39 is 18.0 Å². The number of amides is 4. The summed E-state index contributed by atoms with van der Waals surface area (Å²) in [5.41, 5.74) is 3.55. The number of aryl methyl sites for hydroxylation is 2. The second kappa shape index (κ2) is 12.7. The van der Waals surface area contributed by atoms with Crippen molar-refractivity contribution in [2.24, 2.45) is 0 Å². The lowest BCUT2D eigenvalue weighted by molar-refractivity contribution is -0.149. The minimum atomic E-state index is -1.10. The lowest BCUT2D eigenvalue weighted by Crippen LogP contribution is -2.61. The molecule has 5 heterocycles. The number of morpholine rings is 1. The van der Waals surface area contributed by atoms with Crippen LogP contribution in [0.15, 0.2) is 53.1 Å². The molecule has 3 atom stereocenters. The Bertz CT molecular complexity index is 1870. The van der Waals surface area contributed by atoms with Crippen LogP contribution in [-0.4, -0.2) is 106 Å². The van der Waals surface area contributed by atoms with Gasteiger partial charge in [0.15, 0.2) is 11.3 Å². The Kier molecular flexibility index (Phi) is 8.35. The molecule has 0 spiro atoms. The van der Waals surface area contributed by atoms with Crippen LogP contribution >= 0.6 is 0 Å². The molecule has 1 N–H and O–H groups in total. The van der Waals surface area contributed by atoms with Gasteiger partial charge in [0.2, 0.25) is 11.8 Å². The molecule has 0 unspecified atom stereocenters. The highest BCUT2D eigenvalue weighted by atomic mass is 16.5. The summed E-state index contributed by atoms with van der Waals surface area (Å²) in [7, 11) is 0. The fourth-order valence-corrected chi connectivity index (χ4v) is 7.00. The molecule has 12 heteroatoms. The van der Waals surface area contributed by atoms with Gasteiger partial charge in [0.1, 0.15) is 12.1 Å². The van der Waals surface area contributed by atoms with Gasteiger partial charge in [0.05, 0.1) is 30.7 Å². The SMILES string of the molecule is CCc1ccc2ccc(C(=O)N[C@H]3CN(C(=O)c4noc5ccc(C)cc45)CC[C@H]4CC[C@@H](C(=O)N5CCOCC5)N4C3=O)cc2n1. The van der Waals surface area contributed by atoms with Gasteiger partial charge in [-0.2, -0.15) is 0 Å². The molecule has 7 rings (SSSR count). The quantitative estimate of drug-likeness (QED) is 0.352. The molecule has 0 radical (unpaired) electrons. The lowest BCUT2D eigenvalue weighted by Gasteiger charge is -2.40. The zero-order valence-corrected chi connectivity index (χ0v) is 26.6. The molecular formula is C35H38N6O6. The van der Waals surface area contributed by atoms with Crippen LogP contribution in [0.4, 0.5) is 0 Å². The van der Waals surface area contributed by atoms with E-state index in [1.165, 1.54) is 0 Å². The van der Waals surface area contributed by atoms with Crippen molar-refractivity contribution >= 4 is 45.5 Å². The maximum Gasteiger partial charge on any atom is 0.276 e. The highest BCUT2D eigenvalue weighted by molar-refractivity contribution is 6.05. The molecule has 0 saturated carbocycles. The molecule has 0 bridgehead atoms. The Morgan fingerprint density at radius 1 is 0.957 bits per heavy atom. The molecule has 3 fully saturated rings. The molecule has 4 aromatic rings. The van der Waals surface area contributed by atoms with Gasteiger partial charge in [0.25, 0.3) is 11.8 Å². The fraction of sp³-hybridized carbons (Fsp3) is 0.429. The van der Waals surface area contributed by atoms with Gasteiger partial charge in [0, 0.05) is 42.3 Å². The molecule has 2 aromatic carbocycles. The summed E-state index contributed by atoms with van der Waals surface area (Å²) in [5, 5.41) is 8.53. The third-order valence-electron chi connectivity index (χ3n) is 9.59. The second-order valence-corrected chi connectivity index (χ2v) is 12.6. The first kappa shape index (κ1) is 30.8. The zero-order chi connectivity index (χ0) is 32.7. The van der Waals surface area contributed by atoms with E-state index in [2.05, 4.69) is 15.5 Å². The number of hydrogen-bond acceptors (Lipinski definition) is 8. The summed E-state index contributed by atoms with van der Waals surface area (Å²) in [6.07, 6.45) is 2.40. The van der Waals surface area contributed by atoms with Crippen molar-refractivity contribution in [2.45, 2.75) is 57.7 Å². The van der Waals surface area contributed by atoms with Gasteiger partial charge in [-0.25, -0.2) is 0 Å². The number of benzene rings is 2. The first-order valence-corrected chi connectivity index (χ1v) is 16.3. The van der Waals surface area contributed by atoms with Crippen molar-refractivity contribution in [1.29, 1.82) is 0 Å². The van der Waals surface area contributed by atoms with Gasteiger partial charge in [-0.1, -0.05) is 35.8 Å². The predicted molar refractivity (Wildman–Crippen MR) is 173 cm³/mol. The first-order valence-electron chi connectivity index (χ1n) is 16.3. The Morgan fingerprint density at radius 2 is 1.77 bits per heavy atom. The molecule has 3 aliphatic heterocycles. The Morgan fingerprint density at radius 3 is 2.57 bits per heavy atom. The molecule has 2 aromatic heterocycles. The van der Waals surface area contributed by atoms with E-state index in [1.54, 1.807) is 32.9 Å². The number of nitrogens with zero attached hydrogens (tertiary/aromatic N) is 5. The number of aromatic nitrogens is 2. The summed E-state index contributed by atoms with van der Waals surface area (Å²) < 4.78 is 10.9. The average molecular weight is 639 g/mol. The van der Waals surface area contributed by atoms with Crippen LogP contribution in [0.1, 0.15) is 58.3 Å². The molecule has 47 heavy (non-hydrogen) atoms. The predicted octanol–water partition coefficient (Wildman–Crippen LogP) is 3.11. The fourth-order valence-electron chi connectivity index (χ4n) is 7.00. The van der Waals surface area contributed by atoms with Crippen LogP contribution in [0.3, 0.4) is 0 Å². The van der Waals surface area contributed by atoms with Crippen LogP contribution < -0.4 is 5.32 Å². The second-order valence-electron chi connectivity index (χ2n) is 12.6. The third-order valence-corrected chi connectivity index (χ3v) is 9.59.